The number of benzene rings is 1. The lowest BCUT2D eigenvalue weighted by Crippen LogP contribution is -2.46. The van der Waals surface area contributed by atoms with Crippen LogP contribution in [-0.2, 0) is 4.74 Å². The van der Waals surface area contributed by atoms with E-state index in [0.717, 1.165) is 12.8 Å². The second-order valence-electron chi connectivity index (χ2n) is 6.17. The normalized spacial score (nSPS) is 21.1. The Labute approximate surface area is 114 Å². The van der Waals surface area contributed by atoms with Crippen LogP contribution in [0.1, 0.15) is 49.9 Å². The Balaban J connectivity index is 2.28. The lowest BCUT2D eigenvalue weighted by atomic mass is 9.68. The minimum atomic E-state index is -0.849. The zero-order valence-corrected chi connectivity index (χ0v) is 11.8. The minimum Gasteiger partial charge on any atom is -0.370 e. The van der Waals surface area contributed by atoms with Crippen molar-refractivity contribution in [2.75, 3.05) is 7.11 Å². The Hall–Kier alpha value is -1.22. The van der Waals surface area contributed by atoms with Crippen LogP contribution in [0.15, 0.2) is 24.3 Å². The van der Waals surface area contributed by atoms with Gasteiger partial charge >= 0.3 is 0 Å². The van der Waals surface area contributed by atoms with Gasteiger partial charge in [-0.25, -0.2) is 4.39 Å². The zero-order valence-electron chi connectivity index (χ0n) is 11.8. The van der Waals surface area contributed by atoms with Crippen LogP contribution in [0, 0.1) is 11.2 Å². The Bertz CT molecular complexity index is 469. The van der Waals surface area contributed by atoms with Gasteiger partial charge in [0.2, 0.25) is 0 Å². The van der Waals surface area contributed by atoms with Gasteiger partial charge in [0.15, 0.2) is 5.78 Å². The van der Waals surface area contributed by atoms with Gasteiger partial charge in [0.25, 0.3) is 0 Å². The molecule has 0 saturated heterocycles. The summed E-state index contributed by atoms with van der Waals surface area (Å²) in [5, 5.41) is 0. The van der Waals surface area contributed by atoms with E-state index >= 15 is 0 Å². The summed E-state index contributed by atoms with van der Waals surface area (Å²) in [5.41, 5.74) is -0.473. The first kappa shape index (κ1) is 14.2. The van der Waals surface area contributed by atoms with Crippen molar-refractivity contribution in [2.45, 2.75) is 45.1 Å². The molecule has 0 aromatic heterocycles. The van der Waals surface area contributed by atoms with Crippen molar-refractivity contribution in [3.8, 4) is 0 Å². The van der Waals surface area contributed by atoms with E-state index in [1.807, 2.05) is 0 Å². The van der Waals surface area contributed by atoms with E-state index in [0.29, 0.717) is 12.8 Å². The molecule has 104 valence electrons. The molecule has 1 aromatic carbocycles. The summed E-state index contributed by atoms with van der Waals surface area (Å²) in [6.45, 7) is 4.39. The SMILES string of the molecule is COC1(C(=O)c2ccccc2F)CCC(C)(C)CC1. The van der Waals surface area contributed by atoms with Crippen LogP contribution in [0.5, 0.6) is 0 Å². The smallest absolute Gasteiger partial charge is 0.197 e. The molecule has 1 saturated carbocycles. The van der Waals surface area contributed by atoms with Crippen molar-refractivity contribution >= 4 is 5.78 Å². The summed E-state index contributed by atoms with van der Waals surface area (Å²) in [6.07, 6.45) is 3.15. The maximum Gasteiger partial charge on any atom is 0.197 e. The summed E-state index contributed by atoms with van der Waals surface area (Å²) in [5.74, 6) is -0.683. The molecule has 2 rings (SSSR count). The molecule has 1 fully saturated rings. The van der Waals surface area contributed by atoms with Gasteiger partial charge in [-0.05, 0) is 43.2 Å². The summed E-state index contributed by atoms with van der Waals surface area (Å²) >= 11 is 0. The third-order valence-electron chi connectivity index (χ3n) is 4.33. The molecule has 0 amide bonds. The highest BCUT2D eigenvalue weighted by Crippen LogP contribution is 2.43. The van der Waals surface area contributed by atoms with Crippen LogP contribution in [-0.4, -0.2) is 18.5 Å². The fourth-order valence-electron chi connectivity index (χ4n) is 2.75. The number of Topliss-reactive ketones (excluding diaryl/α,β-unsaturated/α-hetero) is 1. The molecule has 3 heteroatoms. The van der Waals surface area contributed by atoms with Crippen molar-refractivity contribution in [1.29, 1.82) is 0 Å². The Morgan fingerprint density at radius 3 is 2.26 bits per heavy atom. The van der Waals surface area contributed by atoms with Crippen LogP contribution < -0.4 is 0 Å². The van der Waals surface area contributed by atoms with Crippen LogP contribution in [0.25, 0.3) is 0 Å². The van der Waals surface area contributed by atoms with Crippen LogP contribution in [0.3, 0.4) is 0 Å². The van der Waals surface area contributed by atoms with Crippen molar-refractivity contribution in [2.24, 2.45) is 5.41 Å². The fourth-order valence-corrected chi connectivity index (χ4v) is 2.75. The van der Waals surface area contributed by atoms with Crippen molar-refractivity contribution in [3.63, 3.8) is 0 Å². The first-order chi connectivity index (χ1) is 8.90. The van der Waals surface area contributed by atoms with Gasteiger partial charge in [0.05, 0.1) is 5.56 Å². The molecular weight excluding hydrogens is 243 g/mol. The van der Waals surface area contributed by atoms with E-state index in [1.54, 1.807) is 19.2 Å². The molecule has 0 heterocycles. The van der Waals surface area contributed by atoms with E-state index in [-0.39, 0.29) is 16.8 Å². The molecule has 1 aromatic rings. The maximum atomic E-state index is 13.8. The van der Waals surface area contributed by atoms with Crippen molar-refractivity contribution in [1.82, 2.24) is 0 Å². The summed E-state index contributed by atoms with van der Waals surface area (Å²) < 4.78 is 19.3. The lowest BCUT2D eigenvalue weighted by Gasteiger charge is -2.41. The number of hydrogen-bond acceptors (Lipinski definition) is 2. The number of rotatable bonds is 3. The molecule has 0 unspecified atom stereocenters. The van der Waals surface area contributed by atoms with Gasteiger partial charge in [0, 0.05) is 7.11 Å². The van der Waals surface area contributed by atoms with Crippen LogP contribution in [0.2, 0.25) is 0 Å². The molecule has 0 N–H and O–H groups in total. The molecule has 0 bridgehead atoms. The van der Waals surface area contributed by atoms with Crippen LogP contribution >= 0.6 is 0 Å². The topological polar surface area (TPSA) is 26.3 Å². The quantitative estimate of drug-likeness (QED) is 0.771. The summed E-state index contributed by atoms with van der Waals surface area (Å²) in [4.78, 5) is 12.6. The van der Waals surface area contributed by atoms with E-state index in [2.05, 4.69) is 13.8 Å². The van der Waals surface area contributed by atoms with Gasteiger partial charge in [-0.1, -0.05) is 26.0 Å². The fraction of sp³-hybridized carbons (Fsp3) is 0.562. The van der Waals surface area contributed by atoms with Gasteiger partial charge in [0.1, 0.15) is 11.4 Å². The van der Waals surface area contributed by atoms with E-state index in [4.69, 9.17) is 4.74 Å². The number of carbonyl (C=O) groups is 1. The number of hydrogen-bond donors (Lipinski definition) is 0. The monoisotopic (exact) mass is 264 g/mol. The third-order valence-corrected chi connectivity index (χ3v) is 4.33. The molecule has 0 atom stereocenters. The maximum absolute atomic E-state index is 13.8. The largest absolute Gasteiger partial charge is 0.370 e. The standard InChI is InChI=1S/C16H21FO2/c1-15(2)8-10-16(19-3,11-9-15)14(18)12-6-4-5-7-13(12)17/h4-7H,8-11H2,1-3H3. The lowest BCUT2D eigenvalue weighted by molar-refractivity contribution is -0.0385. The first-order valence-electron chi connectivity index (χ1n) is 6.75. The van der Waals surface area contributed by atoms with Gasteiger partial charge in [-0.2, -0.15) is 0 Å². The second-order valence-corrected chi connectivity index (χ2v) is 6.17. The molecule has 0 spiro atoms. The van der Waals surface area contributed by atoms with E-state index in [1.165, 1.54) is 12.1 Å². The number of ether oxygens (including phenoxy) is 1. The molecule has 0 aliphatic heterocycles. The molecule has 1 aliphatic carbocycles. The number of ketones is 1. The van der Waals surface area contributed by atoms with Gasteiger partial charge < -0.3 is 4.74 Å². The predicted molar refractivity (Wildman–Crippen MR) is 72.7 cm³/mol. The van der Waals surface area contributed by atoms with Gasteiger partial charge in [-0.3, -0.25) is 4.79 Å². The van der Waals surface area contributed by atoms with E-state index < -0.39 is 11.4 Å². The predicted octanol–water partition coefficient (Wildman–Crippen LogP) is 3.99. The first-order valence-corrected chi connectivity index (χ1v) is 6.75. The molecule has 19 heavy (non-hydrogen) atoms. The minimum absolute atomic E-state index is 0.143. The number of halogens is 1. The highest BCUT2D eigenvalue weighted by atomic mass is 19.1. The Kier molecular flexibility index (Phi) is 3.77. The average Bonchev–Trinajstić information content (AvgIpc) is 2.39. The summed E-state index contributed by atoms with van der Waals surface area (Å²) in [6, 6.07) is 6.14. The van der Waals surface area contributed by atoms with E-state index in [9.17, 15) is 9.18 Å². The Morgan fingerprint density at radius 1 is 1.16 bits per heavy atom. The number of carbonyl (C=O) groups excluding carboxylic acids is 1. The van der Waals surface area contributed by atoms with Crippen molar-refractivity contribution in [3.05, 3.63) is 35.6 Å². The third kappa shape index (κ3) is 2.71. The molecule has 1 aliphatic rings. The summed E-state index contributed by atoms with van der Waals surface area (Å²) in [7, 11) is 1.55. The van der Waals surface area contributed by atoms with Crippen molar-refractivity contribution < 1.29 is 13.9 Å². The molecule has 2 nitrogen and oxygen atoms in total. The van der Waals surface area contributed by atoms with Gasteiger partial charge in [-0.15, -0.1) is 0 Å². The van der Waals surface area contributed by atoms with Crippen LogP contribution in [0.4, 0.5) is 4.39 Å². The molecular formula is C16H21FO2. The zero-order chi connectivity index (χ0) is 14.1. The number of methoxy groups -OCH3 is 1. The average molecular weight is 264 g/mol. The molecule has 0 radical (unpaired) electrons. The Morgan fingerprint density at radius 2 is 1.74 bits per heavy atom. The second kappa shape index (κ2) is 5.04. The highest BCUT2D eigenvalue weighted by Gasteiger charge is 2.45. The highest BCUT2D eigenvalue weighted by molar-refractivity contribution is 6.02.